The van der Waals surface area contributed by atoms with E-state index in [1.807, 2.05) is 6.07 Å². The molecule has 2 amide bonds. The summed E-state index contributed by atoms with van der Waals surface area (Å²) < 4.78 is 41.3. The zero-order chi connectivity index (χ0) is 20.1. The first-order chi connectivity index (χ1) is 13.3. The summed E-state index contributed by atoms with van der Waals surface area (Å²) in [5.41, 5.74) is 0.540. The standard InChI is InChI=1S/C19H15F3N4O2/c20-19(21,22)16(13-7-3-1-4-8-13)24-18(28)17(27)23-15-11-12-26(25-15)14-9-5-2-6-10-14/h1-12,16H,(H,24,28)(H,23,25,27). The quantitative estimate of drug-likeness (QED) is 0.674. The Hall–Kier alpha value is -3.62. The van der Waals surface area contributed by atoms with E-state index in [0.29, 0.717) is 5.69 Å². The van der Waals surface area contributed by atoms with E-state index in [1.54, 1.807) is 41.8 Å². The second-order valence-corrected chi connectivity index (χ2v) is 5.79. The second kappa shape index (κ2) is 7.95. The van der Waals surface area contributed by atoms with Crippen LogP contribution in [-0.4, -0.2) is 27.8 Å². The van der Waals surface area contributed by atoms with Gasteiger partial charge < -0.3 is 10.6 Å². The largest absolute Gasteiger partial charge is 0.412 e. The van der Waals surface area contributed by atoms with Crippen LogP contribution < -0.4 is 10.6 Å². The number of hydrogen-bond acceptors (Lipinski definition) is 3. The molecule has 0 spiro atoms. The Kier molecular flexibility index (Phi) is 5.44. The fraction of sp³-hybridized carbons (Fsp3) is 0.105. The first kappa shape index (κ1) is 19.2. The van der Waals surface area contributed by atoms with Crippen LogP contribution in [0.3, 0.4) is 0 Å². The Labute approximate surface area is 158 Å². The minimum absolute atomic E-state index is 0.0345. The van der Waals surface area contributed by atoms with Gasteiger partial charge in [-0.2, -0.15) is 18.3 Å². The molecular weight excluding hydrogens is 373 g/mol. The van der Waals surface area contributed by atoms with E-state index >= 15 is 0 Å². The van der Waals surface area contributed by atoms with Crippen molar-refractivity contribution in [1.29, 1.82) is 0 Å². The SMILES string of the molecule is O=C(Nc1ccn(-c2ccccc2)n1)C(=O)NC(c1ccccc1)C(F)(F)F. The highest BCUT2D eigenvalue weighted by molar-refractivity contribution is 6.39. The average Bonchev–Trinajstić information content (AvgIpc) is 3.15. The molecule has 2 aromatic carbocycles. The Morgan fingerprint density at radius 1 is 0.893 bits per heavy atom. The van der Waals surface area contributed by atoms with Gasteiger partial charge in [0.05, 0.1) is 5.69 Å². The third-order valence-electron chi connectivity index (χ3n) is 3.79. The highest BCUT2D eigenvalue weighted by atomic mass is 19.4. The molecular formula is C19H15F3N4O2. The molecule has 0 aliphatic rings. The van der Waals surface area contributed by atoms with Gasteiger partial charge in [0.15, 0.2) is 11.9 Å². The highest BCUT2D eigenvalue weighted by Gasteiger charge is 2.42. The van der Waals surface area contributed by atoms with Crippen molar-refractivity contribution in [3.63, 3.8) is 0 Å². The van der Waals surface area contributed by atoms with Gasteiger partial charge in [-0.1, -0.05) is 48.5 Å². The molecule has 28 heavy (non-hydrogen) atoms. The van der Waals surface area contributed by atoms with Crippen molar-refractivity contribution in [2.75, 3.05) is 5.32 Å². The molecule has 0 radical (unpaired) electrons. The van der Waals surface area contributed by atoms with Crippen molar-refractivity contribution in [3.05, 3.63) is 78.5 Å². The van der Waals surface area contributed by atoms with Crippen LogP contribution >= 0.6 is 0 Å². The lowest BCUT2D eigenvalue weighted by Crippen LogP contribution is -2.43. The van der Waals surface area contributed by atoms with Crippen molar-refractivity contribution in [2.24, 2.45) is 0 Å². The van der Waals surface area contributed by atoms with Gasteiger partial charge in [0.2, 0.25) is 0 Å². The fourth-order valence-corrected chi connectivity index (χ4v) is 2.48. The Morgan fingerprint density at radius 2 is 1.50 bits per heavy atom. The number of para-hydroxylation sites is 1. The number of anilines is 1. The number of benzene rings is 2. The molecule has 1 atom stereocenters. The van der Waals surface area contributed by atoms with E-state index in [0.717, 1.165) is 0 Å². The minimum atomic E-state index is -4.76. The molecule has 2 N–H and O–H groups in total. The summed E-state index contributed by atoms with van der Waals surface area (Å²) in [5.74, 6) is -2.63. The van der Waals surface area contributed by atoms with Gasteiger partial charge in [-0.3, -0.25) is 9.59 Å². The van der Waals surface area contributed by atoms with E-state index < -0.39 is 24.0 Å². The predicted octanol–water partition coefficient (Wildman–Crippen LogP) is 3.23. The van der Waals surface area contributed by atoms with Gasteiger partial charge >= 0.3 is 18.0 Å². The molecule has 0 saturated heterocycles. The van der Waals surface area contributed by atoms with E-state index in [4.69, 9.17) is 0 Å². The monoisotopic (exact) mass is 388 g/mol. The summed E-state index contributed by atoms with van der Waals surface area (Å²) in [4.78, 5) is 24.0. The molecule has 6 nitrogen and oxygen atoms in total. The highest BCUT2D eigenvalue weighted by Crippen LogP contribution is 2.32. The van der Waals surface area contributed by atoms with Crippen LogP contribution in [0.15, 0.2) is 72.9 Å². The van der Waals surface area contributed by atoms with Crippen LogP contribution in [-0.2, 0) is 9.59 Å². The fourth-order valence-electron chi connectivity index (χ4n) is 2.48. The number of aromatic nitrogens is 2. The van der Waals surface area contributed by atoms with E-state index in [1.165, 1.54) is 35.0 Å². The molecule has 9 heteroatoms. The molecule has 1 aromatic heterocycles. The first-order valence-electron chi connectivity index (χ1n) is 8.19. The van der Waals surface area contributed by atoms with Crippen LogP contribution in [0.2, 0.25) is 0 Å². The molecule has 0 bridgehead atoms. The van der Waals surface area contributed by atoms with Crippen molar-refractivity contribution in [1.82, 2.24) is 15.1 Å². The number of amides is 2. The minimum Gasteiger partial charge on any atom is -0.332 e. The Balaban J connectivity index is 1.69. The molecule has 1 unspecified atom stereocenters. The van der Waals surface area contributed by atoms with Crippen LogP contribution in [0.4, 0.5) is 19.0 Å². The molecule has 3 rings (SSSR count). The summed E-state index contributed by atoms with van der Waals surface area (Å²) in [6.45, 7) is 0. The topological polar surface area (TPSA) is 76.0 Å². The van der Waals surface area contributed by atoms with Crippen molar-refractivity contribution < 1.29 is 22.8 Å². The lowest BCUT2D eigenvalue weighted by Gasteiger charge is -2.21. The van der Waals surface area contributed by atoms with E-state index in [9.17, 15) is 22.8 Å². The van der Waals surface area contributed by atoms with Gasteiger partial charge in [0.25, 0.3) is 0 Å². The third-order valence-corrected chi connectivity index (χ3v) is 3.79. The molecule has 0 aliphatic heterocycles. The van der Waals surface area contributed by atoms with Gasteiger partial charge in [0, 0.05) is 12.3 Å². The zero-order valence-electron chi connectivity index (χ0n) is 14.4. The maximum atomic E-state index is 13.3. The summed E-state index contributed by atoms with van der Waals surface area (Å²) in [7, 11) is 0. The van der Waals surface area contributed by atoms with Crippen molar-refractivity contribution in [2.45, 2.75) is 12.2 Å². The number of nitrogens with one attached hydrogen (secondary N) is 2. The maximum Gasteiger partial charge on any atom is 0.412 e. The van der Waals surface area contributed by atoms with Crippen LogP contribution in [0.5, 0.6) is 0 Å². The smallest absolute Gasteiger partial charge is 0.332 e. The Bertz CT molecular complexity index is 956. The first-order valence-corrected chi connectivity index (χ1v) is 8.19. The van der Waals surface area contributed by atoms with Gasteiger partial charge in [-0.15, -0.1) is 0 Å². The number of alkyl halides is 3. The summed E-state index contributed by atoms with van der Waals surface area (Å²) in [6.07, 6.45) is -3.21. The van der Waals surface area contributed by atoms with Crippen LogP contribution in [0.25, 0.3) is 5.69 Å². The van der Waals surface area contributed by atoms with Gasteiger partial charge in [-0.05, 0) is 17.7 Å². The van der Waals surface area contributed by atoms with Gasteiger partial charge in [-0.25, -0.2) is 4.68 Å². The molecule has 0 aliphatic carbocycles. The summed E-state index contributed by atoms with van der Waals surface area (Å²) in [5, 5.41) is 7.98. The number of nitrogens with zero attached hydrogens (tertiary/aromatic N) is 2. The number of rotatable bonds is 4. The molecule has 0 fully saturated rings. The predicted molar refractivity (Wildman–Crippen MR) is 95.6 cm³/mol. The molecule has 1 heterocycles. The normalized spacial score (nSPS) is 12.2. The summed E-state index contributed by atoms with van der Waals surface area (Å²) >= 11 is 0. The number of hydrogen-bond donors (Lipinski definition) is 2. The van der Waals surface area contributed by atoms with Crippen LogP contribution in [0.1, 0.15) is 11.6 Å². The Morgan fingerprint density at radius 3 is 2.11 bits per heavy atom. The lowest BCUT2D eigenvalue weighted by atomic mass is 10.1. The zero-order valence-corrected chi connectivity index (χ0v) is 14.4. The molecule has 3 aromatic rings. The van der Waals surface area contributed by atoms with Crippen molar-refractivity contribution in [3.8, 4) is 5.69 Å². The lowest BCUT2D eigenvalue weighted by molar-refractivity contribution is -0.164. The maximum absolute atomic E-state index is 13.3. The van der Waals surface area contributed by atoms with Crippen LogP contribution in [0, 0.1) is 0 Å². The summed E-state index contributed by atoms with van der Waals surface area (Å²) in [6, 6.07) is 14.9. The van der Waals surface area contributed by atoms with E-state index in [2.05, 4.69) is 10.4 Å². The second-order valence-electron chi connectivity index (χ2n) is 5.79. The number of carbonyl (C=O) groups excluding carboxylic acids is 2. The third kappa shape index (κ3) is 4.56. The van der Waals surface area contributed by atoms with Gasteiger partial charge in [0.1, 0.15) is 0 Å². The van der Waals surface area contributed by atoms with E-state index in [-0.39, 0.29) is 11.4 Å². The molecule has 0 saturated carbocycles. The number of halogens is 3. The van der Waals surface area contributed by atoms with Crippen molar-refractivity contribution >= 4 is 17.6 Å². The average molecular weight is 388 g/mol. The number of carbonyl (C=O) groups is 2. The molecule has 144 valence electrons.